The van der Waals surface area contributed by atoms with Gasteiger partial charge in [-0.2, -0.15) is 0 Å². The summed E-state index contributed by atoms with van der Waals surface area (Å²) in [6, 6.07) is 2.41. The minimum Gasteiger partial charge on any atom is -0.314 e. The Morgan fingerprint density at radius 2 is 1.94 bits per heavy atom. The summed E-state index contributed by atoms with van der Waals surface area (Å²) in [4.78, 5) is 5.31. The van der Waals surface area contributed by atoms with Crippen LogP contribution in [-0.4, -0.2) is 60.6 Å². The van der Waals surface area contributed by atoms with Crippen LogP contribution in [0, 0.1) is 0 Å². The van der Waals surface area contributed by atoms with Crippen molar-refractivity contribution < 1.29 is 0 Å². The molecule has 1 saturated carbocycles. The molecule has 2 rings (SSSR count). The summed E-state index contributed by atoms with van der Waals surface area (Å²) in [5.74, 6) is 0. The topological polar surface area (TPSA) is 18.5 Å². The summed E-state index contributed by atoms with van der Waals surface area (Å²) in [7, 11) is 0. The third kappa shape index (κ3) is 3.94. The molecule has 0 aromatic carbocycles. The van der Waals surface area contributed by atoms with Crippen molar-refractivity contribution >= 4 is 0 Å². The van der Waals surface area contributed by atoms with E-state index in [0.29, 0.717) is 0 Å². The van der Waals surface area contributed by atoms with Gasteiger partial charge in [-0.25, -0.2) is 0 Å². The van der Waals surface area contributed by atoms with Gasteiger partial charge < -0.3 is 5.32 Å². The van der Waals surface area contributed by atoms with Crippen LogP contribution in [-0.2, 0) is 0 Å². The molecule has 18 heavy (non-hydrogen) atoms. The number of rotatable bonds is 8. The zero-order valence-electron chi connectivity index (χ0n) is 12.5. The Bertz CT molecular complexity index is 236. The van der Waals surface area contributed by atoms with Gasteiger partial charge in [-0.15, -0.1) is 0 Å². The summed E-state index contributed by atoms with van der Waals surface area (Å²) in [5, 5.41) is 3.63. The molecule has 0 radical (unpaired) electrons. The first-order valence-electron chi connectivity index (χ1n) is 7.96. The number of nitrogens with zero attached hydrogens (tertiary/aromatic N) is 2. The Morgan fingerprint density at radius 3 is 2.56 bits per heavy atom. The maximum atomic E-state index is 3.63. The quantitative estimate of drug-likeness (QED) is 0.713. The molecule has 0 amide bonds. The van der Waals surface area contributed by atoms with Crippen LogP contribution in [0.1, 0.15) is 46.5 Å². The van der Waals surface area contributed by atoms with E-state index < -0.39 is 0 Å². The molecule has 1 saturated heterocycles. The first-order valence-corrected chi connectivity index (χ1v) is 7.96. The molecule has 1 N–H and O–H groups in total. The van der Waals surface area contributed by atoms with Gasteiger partial charge >= 0.3 is 0 Å². The number of hydrogen-bond donors (Lipinski definition) is 1. The van der Waals surface area contributed by atoms with Crippen molar-refractivity contribution in [2.45, 2.75) is 64.6 Å². The SMILES string of the molecule is CCN(CC)C1CCN(C(C)CCNC2CC2)C1. The predicted molar refractivity (Wildman–Crippen MR) is 78.0 cm³/mol. The molecule has 2 unspecified atom stereocenters. The Morgan fingerprint density at radius 1 is 1.22 bits per heavy atom. The molecule has 3 heteroatoms. The smallest absolute Gasteiger partial charge is 0.0235 e. The van der Waals surface area contributed by atoms with Crippen LogP contribution in [0.15, 0.2) is 0 Å². The summed E-state index contributed by atoms with van der Waals surface area (Å²) in [5.41, 5.74) is 0. The Kier molecular flexibility index (Phi) is 5.46. The maximum Gasteiger partial charge on any atom is 0.0235 e. The van der Waals surface area contributed by atoms with Crippen LogP contribution in [0.3, 0.4) is 0 Å². The van der Waals surface area contributed by atoms with Crippen molar-refractivity contribution in [3.63, 3.8) is 0 Å². The first-order chi connectivity index (χ1) is 8.74. The van der Waals surface area contributed by atoms with Gasteiger partial charge in [-0.05, 0) is 52.2 Å². The minimum atomic E-state index is 0.747. The highest BCUT2D eigenvalue weighted by atomic mass is 15.3. The number of likely N-dealkylation sites (tertiary alicyclic amines) is 1. The van der Waals surface area contributed by atoms with Crippen LogP contribution in [0.2, 0.25) is 0 Å². The minimum absolute atomic E-state index is 0.747. The van der Waals surface area contributed by atoms with Crippen LogP contribution in [0.5, 0.6) is 0 Å². The molecule has 0 spiro atoms. The highest BCUT2D eigenvalue weighted by molar-refractivity contribution is 4.86. The molecule has 0 aromatic rings. The largest absolute Gasteiger partial charge is 0.314 e. The average Bonchev–Trinajstić information content (AvgIpc) is 3.06. The molecule has 1 heterocycles. The third-order valence-corrected chi connectivity index (χ3v) is 4.72. The van der Waals surface area contributed by atoms with E-state index in [1.54, 1.807) is 0 Å². The lowest BCUT2D eigenvalue weighted by molar-refractivity contribution is 0.188. The number of nitrogens with one attached hydrogen (secondary N) is 1. The van der Waals surface area contributed by atoms with Crippen molar-refractivity contribution in [2.75, 3.05) is 32.7 Å². The van der Waals surface area contributed by atoms with Gasteiger partial charge in [0.1, 0.15) is 0 Å². The maximum absolute atomic E-state index is 3.63. The van der Waals surface area contributed by atoms with E-state index in [0.717, 1.165) is 18.1 Å². The molecule has 2 atom stereocenters. The van der Waals surface area contributed by atoms with Crippen LogP contribution >= 0.6 is 0 Å². The van der Waals surface area contributed by atoms with Crippen molar-refractivity contribution in [1.29, 1.82) is 0 Å². The highest BCUT2D eigenvalue weighted by Crippen LogP contribution is 2.20. The number of hydrogen-bond acceptors (Lipinski definition) is 3. The molecule has 2 aliphatic rings. The van der Waals surface area contributed by atoms with E-state index in [1.165, 1.54) is 58.4 Å². The van der Waals surface area contributed by atoms with Gasteiger partial charge in [0.05, 0.1) is 0 Å². The second-order valence-corrected chi connectivity index (χ2v) is 6.02. The van der Waals surface area contributed by atoms with Crippen LogP contribution in [0.4, 0.5) is 0 Å². The summed E-state index contributed by atoms with van der Waals surface area (Å²) < 4.78 is 0. The fourth-order valence-corrected chi connectivity index (χ4v) is 3.17. The van der Waals surface area contributed by atoms with Gasteiger partial charge in [0.2, 0.25) is 0 Å². The lowest BCUT2D eigenvalue weighted by Crippen LogP contribution is -2.40. The first kappa shape index (κ1) is 14.3. The fraction of sp³-hybridized carbons (Fsp3) is 1.00. The predicted octanol–water partition coefficient (Wildman–Crippen LogP) is 1.93. The van der Waals surface area contributed by atoms with E-state index >= 15 is 0 Å². The number of likely N-dealkylation sites (N-methyl/N-ethyl adjacent to an activating group) is 1. The molecule has 3 nitrogen and oxygen atoms in total. The molecule has 2 fully saturated rings. The zero-order chi connectivity index (χ0) is 13.0. The van der Waals surface area contributed by atoms with Gasteiger partial charge in [0, 0.05) is 31.2 Å². The second-order valence-electron chi connectivity index (χ2n) is 6.02. The lowest BCUT2D eigenvalue weighted by atomic mass is 10.2. The van der Waals surface area contributed by atoms with E-state index in [9.17, 15) is 0 Å². The molecule has 106 valence electrons. The summed E-state index contributed by atoms with van der Waals surface area (Å²) in [6.07, 6.45) is 5.48. The van der Waals surface area contributed by atoms with Gasteiger partial charge in [-0.1, -0.05) is 13.8 Å². The molecule has 0 bridgehead atoms. The van der Waals surface area contributed by atoms with E-state index in [4.69, 9.17) is 0 Å². The van der Waals surface area contributed by atoms with Crippen LogP contribution < -0.4 is 5.32 Å². The average molecular weight is 253 g/mol. The third-order valence-electron chi connectivity index (χ3n) is 4.72. The molecular weight excluding hydrogens is 222 g/mol. The summed E-state index contributed by atoms with van der Waals surface area (Å²) >= 11 is 0. The standard InChI is InChI=1S/C15H31N3/c1-4-17(5-2)15-9-11-18(12-15)13(3)8-10-16-14-6-7-14/h13-16H,4-12H2,1-3H3. The monoisotopic (exact) mass is 253 g/mol. The highest BCUT2D eigenvalue weighted by Gasteiger charge is 2.29. The second kappa shape index (κ2) is 6.88. The normalized spacial score (nSPS) is 27.0. The molecule has 1 aliphatic carbocycles. The molecule has 1 aliphatic heterocycles. The van der Waals surface area contributed by atoms with E-state index in [-0.39, 0.29) is 0 Å². The Labute approximate surface area is 113 Å². The Hall–Kier alpha value is -0.120. The van der Waals surface area contributed by atoms with Gasteiger partial charge in [0.15, 0.2) is 0 Å². The summed E-state index contributed by atoms with van der Waals surface area (Å²) in [6.45, 7) is 13.2. The van der Waals surface area contributed by atoms with Crippen molar-refractivity contribution in [3.05, 3.63) is 0 Å². The fourth-order valence-electron chi connectivity index (χ4n) is 3.17. The van der Waals surface area contributed by atoms with Crippen molar-refractivity contribution in [3.8, 4) is 0 Å². The molecule has 0 aromatic heterocycles. The van der Waals surface area contributed by atoms with E-state index in [1.807, 2.05) is 0 Å². The van der Waals surface area contributed by atoms with E-state index in [2.05, 4.69) is 35.9 Å². The zero-order valence-corrected chi connectivity index (χ0v) is 12.5. The van der Waals surface area contributed by atoms with Crippen molar-refractivity contribution in [1.82, 2.24) is 15.1 Å². The Balaban J connectivity index is 1.66. The molecular formula is C15H31N3. The van der Waals surface area contributed by atoms with Crippen LogP contribution in [0.25, 0.3) is 0 Å². The van der Waals surface area contributed by atoms with Gasteiger partial charge in [-0.3, -0.25) is 9.80 Å². The van der Waals surface area contributed by atoms with Crippen molar-refractivity contribution in [2.24, 2.45) is 0 Å². The van der Waals surface area contributed by atoms with Gasteiger partial charge in [0.25, 0.3) is 0 Å². The lowest BCUT2D eigenvalue weighted by Gasteiger charge is -2.28.